The van der Waals surface area contributed by atoms with Gasteiger partial charge in [-0.05, 0) is 88.4 Å². The van der Waals surface area contributed by atoms with Gasteiger partial charge in [-0.1, -0.05) is 0 Å². The highest BCUT2D eigenvalue weighted by atomic mass is 32.1. The summed E-state index contributed by atoms with van der Waals surface area (Å²) in [7, 11) is 0. The highest BCUT2D eigenvalue weighted by Crippen LogP contribution is 2.47. The van der Waals surface area contributed by atoms with Gasteiger partial charge in [-0.15, -0.1) is 45.3 Å². The van der Waals surface area contributed by atoms with Crippen LogP contribution < -0.4 is 0 Å². The normalized spacial score (nSPS) is 12.1. The predicted octanol–water partition coefficient (Wildman–Crippen LogP) is 12.5. The maximum atomic E-state index is 12.5. The molecule has 9 rings (SSSR count). The van der Waals surface area contributed by atoms with Crippen molar-refractivity contribution in [2.45, 2.75) is 27.7 Å². The second kappa shape index (κ2) is 13.7. The number of thiophene rings is 4. The summed E-state index contributed by atoms with van der Waals surface area (Å²) >= 11 is 5.40. The lowest BCUT2D eigenvalue weighted by Crippen LogP contribution is -1.92. The van der Waals surface area contributed by atoms with Crippen molar-refractivity contribution in [3.8, 4) is 41.8 Å². The first-order valence-electron chi connectivity index (χ1n) is 17.3. The number of fused-ring (bicyclic) bond motifs is 8. The summed E-state index contributed by atoms with van der Waals surface area (Å²) in [6, 6.07) is 16.0. The van der Waals surface area contributed by atoms with E-state index < -0.39 is 14.8 Å². The number of hydrogen-bond acceptors (Lipinski definition) is 12. The van der Waals surface area contributed by atoms with Crippen LogP contribution in [0.1, 0.15) is 42.3 Å². The number of aryl methyl sites for hydroxylation is 4. The van der Waals surface area contributed by atoms with Crippen molar-refractivity contribution in [2.75, 3.05) is 0 Å². The van der Waals surface area contributed by atoms with Crippen LogP contribution in [0, 0.1) is 58.0 Å². The highest BCUT2D eigenvalue weighted by molar-refractivity contribution is 7.17. The summed E-state index contributed by atoms with van der Waals surface area (Å²) in [6.07, 6.45) is 7.25. The molecule has 0 amide bonds. The monoisotopic (exact) mass is 829 g/mol. The lowest BCUT2D eigenvalue weighted by atomic mass is 10.1. The third-order valence-corrected chi connectivity index (χ3v) is 13.7. The van der Waals surface area contributed by atoms with Crippen molar-refractivity contribution >= 4 is 109 Å². The zero-order chi connectivity index (χ0) is 39.9. The van der Waals surface area contributed by atoms with Crippen LogP contribution in [0.5, 0.6) is 0 Å². The number of nitrogens with zero attached hydrogens (tertiary/aromatic N) is 5. The molecular weight excluding hydrogens is 803 g/mol. The molecule has 8 bridgehead atoms. The number of nitrogens with one attached hydrogen (secondary N) is 2. The van der Waals surface area contributed by atoms with Crippen molar-refractivity contribution in [3.63, 3.8) is 0 Å². The number of rotatable bonds is 7. The van der Waals surface area contributed by atoms with E-state index in [0.29, 0.717) is 81.0 Å². The maximum Gasteiger partial charge on any atom is 0.288 e. The molecule has 0 aliphatic carbocycles. The van der Waals surface area contributed by atoms with Gasteiger partial charge in [0.2, 0.25) is 0 Å². The molecule has 0 spiro atoms. The smallest absolute Gasteiger partial charge is 0.288 e. The Labute approximate surface area is 338 Å². The van der Waals surface area contributed by atoms with E-state index in [1.165, 1.54) is 40.1 Å². The fourth-order valence-electron chi connectivity index (χ4n) is 7.20. The third-order valence-electron chi connectivity index (χ3n) is 9.52. The molecule has 9 heterocycles. The van der Waals surface area contributed by atoms with Gasteiger partial charge >= 0.3 is 0 Å². The first-order chi connectivity index (χ1) is 27.3. The fourth-order valence-corrected chi connectivity index (χ4v) is 11.3. The second-order valence-electron chi connectivity index (χ2n) is 13.4. The molecule has 0 fully saturated rings. The molecule has 7 aromatic heterocycles. The van der Waals surface area contributed by atoms with Crippen molar-refractivity contribution in [2.24, 2.45) is 0 Å². The first kappa shape index (κ1) is 36.3. The summed E-state index contributed by atoms with van der Waals surface area (Å²) < 4.78 is 0. The maximum absolute atomic E-state index is 12.5. The Morgan fingerprint density at radius 2 is 0.789 bits per heavy atom. The number of H-pyrrole nitrogens is 2. The molecule has 0 aromatic carbocycles. The molecule has 13 nitrogen and oxygen atoms in total. The molecule has 57 heavy (non-hydrogen) atoms. The summed E-state index contributed by atoms with van der Waals surface area (Å²) in [5.41, 5.74) is 6.17. The van der Waals surface area contributed by atoms with Crippen LogP contribution in [0.2, 0.25) is 0 Å². The Morgan fingerprint density at radius 3 is 1.11 bits per heavy atom. The van der Waals surface area contributed by atoms with Crippen LogP contribution in [0.4, 0.5) is 17.1 Å². The molecule has 0 atom stereocenters. The zero-order valence-corrected chi connectivity index (χ0v) is 33.6. The van der Waals surface area contributed by atoms with Crippen molar-refractivity contribution in [3.05, 3.63) is 127 Å². The third kappa shape index (κ3) is 6.20. The van der Waals surface area contributed by atoms with Crippen molar-refractivity contribution in [1.29, 1.82) is 0 Å². The largest absolute Gasteiger partial charge is 0.354 e. The van der Waals surface area contributed by atoms with Crippen LogP contribution >= 0.6 is 45.3 Å². The van der Waals surface area contributed by atoms with Gasteiger partial charge in [-0.3, -0.25) is 30.3 Å². The number of hydrogen-bond donors (Lipinski definition) is 2. The van der Waals surface area contributed by atoms with E-state index in [9.17, 15) is 30.3 Å². The van der Waals surface area contributed by atoms with Crippen molar-refractivity contribution in [1.82, 2.24) is 19.9 Å². The van der Waals surface area contributed by atoms with Gasteiger partial charge in [-0.2, -0.15) is 0 Å². The zero-order valence-electron chi connectivity index (χ0n) is 30.3. The van der Waals surface area contributed by atoms with E-state index >= 15 is 0 Å². The topological polar surface area (TPSA) is 187 Å². The number of aromatic nitrogens is 4. The molecular formula is C40H27N7O6S4. The first-order valence-corrected chi connectivity index (χ1v) is 20.6. The van der Waals surface area contributed by atoms with Crippen LogP contribution in [0.15, 0.2) is 54.6 Å². The van der Waals surface area contributed by atoms with Crippen molar-refractivity contribution < 1.29 is 14.8 Å². The summed E-state index contributed by atoms with van der Waals surface area (Å²) in [5.74, 6) is 0. The van der Waals surface area contributed by atoms with Gasteiger partial charge in [0.25, 0.3) is 17.1 Å². The Bertz CT molecular complexity index is 3080. The summed E-state index contributed by atoms with van der Waals surface area (Å²) in [4.78, 5) is 58.9. The fraction of sp³-hybridized carbons (Fsp3) is 0.100. The Balaban J connectivity index is 1.51. The van der Waals surface area contributed by atoms with Crippen LogP contribution in [0.25, 0.3) is 88.1 Å². The van der Waals surface area contributed by atoms with Gasteiger partial charge in [0.1, 0.15) is 14.6 Å². The lowest BCUT2D eigenvalue weighted by Gasteiger charge is -2.04. The van der Waals surface area contributed by atoms with Gasteiger partial charge in [0.05, 0.1) is 37.5 Å². The highest BCUT2D eigenvalue weighted by Gasteiger charge is 2.29. The molecule has 0 radical (unpaired) electrons. The molecule has 2 aliphatic rings. The Morgan fingerprint density at radius 1 is 0.456 bits per heavy atom. The van der Waals surface area contributed by atoms with Crippen LogP contribution in [-0.4, -0.2) is 34.7 Å². The van der Waals surface area contributed by atoms with Gasteiger partial charge in [0.15, 0.2) is 0 Å². The molecule has 2 aliphatic heterocycles. The average Bonchev–Trinajstić information content (AvgIpc) is 4.00. The summed E-state index contributed by atoms with van der Waals surface area (Å²) in [5, 5.41) is 37.5. The van der Waals surface area contributed by atoms with Gasteiger partial charge in [0, 0.05) is 86.9 Å². The molecule has 17 heteroatoms. The Hall–Kier alpha value is -6.40. The predicted molar refractivity (Wildman–Crippen MR) is 231 cm³/mol. The van der Waals surface area contributed by atoms with Gasteiger partial charge < -0.3 is 9.97 Å². The van der Waals surface area contributed by atoms with Crippen LogP contribution in [-0.2, 0) is 0 Å². The summed E-state index contributed by atoms with van der Waals surface area (Å²) in [6.45, 7) is 7.44. The SMILES string of the molecule is Cc1ccc(-c2c3nc(c(-c4sc(C)cc4[N+](=O)[O-])c4ccc([nH]4)c(-c4sc(C)cc4[N+](=O)[O-])c4nc(c(-c5sc(C)cc5[N+](=O)[O-])c5ccc2[nH]5)C=C4)C=C3)s1. The quantitative estimate of drug-likeness (QED) is 0.117. The molecule has 2 N–H and O–H groups in total. The van der Waals surface area contributed by atoms with E-state index in [-0.39, 0.29) is 17.1 Å². The van der Waals surface area contributed by atoms with E-state index in [1.807, 2.05) is 57.2 Å². The molecule has 0 unspecified atom stereocenters. The van der Waals surface area contributed by atoms with E-state index in [4.69, 9.17) is 9.97 Å². The molecule has 7 aromatic rings. The number of aromatic amines is 2. The average molecular weight is 830 g/mol. The minimum atomic E-state index is -0.428. The second-order valence-corrected chi connectivity index (χ2v) is 18.5. The molecule has 282 valence electrons. The molecule has 0 saturated heterocycles. The van der Waals surface area contributed by atoms with Crippen LogP contribution in [0.3, 0.4) is 0 Å². The van der Waals surface area contributed by atoms with E-state index in [0.717, 1.165) is 25.1 Å². The standard InChI is InChI=1S/C40H27N7O6S4/c1-18-5-14-33(54-18)34-22-6-8-24(41-22)35(38-30(45(48)49)15-19(2)55-38)26-10-12-28(43-26)37(40-32(47(52)53)17-21(4)57-40)29-13-11-27(44-29)36(25-9-7-23(34)42-25)39-31(46(50)51)16-20(3)56-39/h5-17,41,44H,1-4H3. The van der Waals surface area contributed by atoms with Gasteiger partial charge in [-0.25, -0.2) is 9.97 Å². The van der Waals surface area contributed by atoms with E-state index in [1.54, 1.807) is 54.7 Å². The molecule has 0 saturated carbocycles. The Kier molecular flexibility index (Phi) is 8.69. The number of nitro groups is 3. The minimum Gasteiger partial charge on any atom is -0.354 e. The van der Waals surface area contributed by atoms with E-state index in [2.05, 4.69) is 9.97 Å². The minimum absolute atomic E-state index is 0.0632. The lowest BCUT2D eigenvalue weighted by molar-refractivity contribution is -0.383.